The van der Waals surface area contributed by atoms with Gasteiger partial charge >= 0.3 is 0 Å². The second-order valence-corrected chi connectivity index (χ2v) is 6.38. The number of anilines is 1. The lowest BCUT2D eigenvalue weighted by Crippen LogP contribution is -2.20. The van der Waals surface area contributed by atoms with Crippen molar-refractivity contribution >= 4 is 11.6 Å². The highest BCUT2D eigenvalue weighted by atomic mass is 19.1. The molecule has 1 aliphatic rings. The molecular formula is C20H17FN4O. The smallest absolute Gasteiger partial charge is 0.233 e. The van der Waals surface area contributed by atoms with Crippen molar-refractivity contribution in [1.82, 2.24) is 15.0 Å². The van der Waals surface area contributed by atoms with Gasteiger partial charge in [0.2, 0.25) is 5.91 Å². The van der Waals surface area contributed by atoms with Crippen LogP contribution in [0, 0.1) is 12.7 Å². The molecule has 3 aromatic rings. The van der Waals surface area contributed by atoms with Gasteiger partial charge in [-0.2, -0.15) is 0 Å². The maximum Gasteiger partial charge on any atom is 0.233 e. The molecule has 1 N–H and O–H groups in total. The molecule has 0 radical (unpaired) electrons. The van der Waals surface area contributed by atoms with Crippen LogP contribution in [0.5, 0.6) is 0 Å². The van der Waals surface area contributed by atoms with Crippen LogP contribution in [0.4, 0.5) is 10.1 Å². The van der Waals surface area contributed by atoms with E-state index in [9.17, 15) is 9.18 Å². The molecule has 4 rings (SSSR count). The van der Waals surface area contributed by atoms with Gasteiger partial charge < -0.3 is 5.32 Å². The number of nitrogens with one attached hydrogen (secondary N) is 1. The van der Waals surface area contributed by atoms with Crippen LogP contribution >= 0.6 is 0 Å². The van der Waals surface area contributed by atoms with Crippen LogP contribution in [0.3, 0.4) is 0 Å². The number of nitrogens with zero attached hydrogens (tertiary/aromatic N) is 3. The zero-order valence-corrected chi connectivity index (χ0v) is 14.2. The number of hydrogen-bond acceptors (Lipinski definition) is 4. The fraction of sp³-hybridized carbons (Fsp3) is 0.200. The maximum atomic E-state index is 13.1. The largest absolute Gasteiger partial charge is 0.325 e. The summed E-state index contributed by atoms with van der Waals surface area (Å²) >= 11 is 0. The Kier molecular flexibility index (Phi) is 4.16. The summed E-state index contributed by atoms with van der Waals surface area (Å²) in [6.07, 6.45) is 5.62. The number of benzene rings is 1. The molecule has 0 fully saturated rings. The molecule has 2 heterocycles. The Morgan fingerprint density at radius 1 is 1.19 bits per heavy atom. The Labute approximate surface area is 150 Å². The molecule has 0 spiro atoms. The average Bonchev–Trinajstić information content (AvgIpc) is 3.08. The number of halogens is 1. The monoisotopic (exact) mass is 348 g/mol. The number of aryl methyl sites for hydroxylation is 2. The van der Waals surface area contributed by atoms with Crippen LogP contribution in [0.25, 0.3) is 11.4 Å². The third-order valence-electron chi connectivity index (χ3n) is 4.64. The number of hydrogen-bond donors (Lipinski definition) is 1. The van der Waals surface area contributed by atoms with E-state index in [1.165, 1.54) is 0 Å². The molecule has 0 saturated heterocycles. The summed E-state index contributed by atoms with van der Waals surface area (Å²) in [5.74, 6) is -0.369. The molecular weight excluding hydrogens is 331 g/mol. The summed E-state index contributed by atoms with van der Waals surface area (Å²) in [5, 5.41) is 2.96. The van der Waals surface area contributed by atoms with Crippen LogP contribution in [0.1, 0.15) is 29.2 Å². The minimum atomic E-state index is -0.483. The normalized spacial score (nSPS) is 15.5. The predicted octanol–water partition coefficient (Wildman–Crippen LogP) is 3.65. The first kappa shape index (κ1) is 16.3. The number of carbonyl (C=O) groups excluding carboxylic acids is 1. The minimum Gasteiger partial charge on any atom is -0.325 e. The van der Waals surface area contributed by atoms with Crippen LogP contribution < -0.4 is 5.32 Å². The van der Waals surface area contributed by atoms with E-state index in [1.54, 1.807) is 6.20 Å². The van der Waals surface area contributed by atoms with Gasteiger partial charge in [0.05, 0.1) is 24.0 Å². The number of aromatic nitrogens is 3. The Balaban J connectivity index is 1.58. The highest BCUT2D eigenvalue weighted by Gasteiger charge is 2.29. The molecule has 2 aromatic heterocycles. The van der Waals surface area contributed by atoms with Crippen molar-refractivity contribution in [3.8, 4) is 11.4 Å². The molecule has 1 aromatic carbocycles. The van der Waals surface area contributed by atoms with Gasteiger partial charge in [-0.1, -0.05) is 12.1 Å². The van der Waals surface area contributed by atoms with Crippen molar-refractivity contribution in [2.45, 2.75) is 25.7 Å². The molecule has 0 unspecified atom stereocenters. The van der Waals surface area contributed by atoms with Crippen molar-refractivity contribution in [2.75, 3.05) is 5.32 Å². The summed E-state index contributed by atoms with van der Waals surface area (Å²) in [6, 6.07) is 9.46. The number of rotatable bonds is 3. The Bertz CT molecular complexity index is 972. The van der Waals surface area contributed by atoms with Crippen LogP contribution in [-0.4, -0.2) is 20.9 Å². The highest BCUT2D eigenvalue weighted by molar-refractivity contribution is 5.96. The van der Waals surface area contributed by atoms with Crippen molar-refractivity contribution in [3.05, 3.63) is 71.6 Å². The fourth-order valence-corrected chi connectivity index (χ4v) is 3.29. The summed E-state index contributed by atoms with van der Waals surface area (Å²) in [6.45, 7) is 1.92. The van der Waals surface area contributed by atoms with Gasteiger partial charge in [-0.25, -0.2) is 14.4 Å². The molecule has 1 aliphatic carbocycles. The summed E-state index contributed by atoms with van der Waals surface area (Å²) < 4.78 is 13.1. The topological polar surface area (TPSA) is 67.8 Å². The van der Waals surface area contributed by atoms with Gasteiger partial charge in [0, 0.05) is 17.4 Å². The molecule has 5 nitrogen and oxygen atoms in total. The van der Waals surface area contributed by atoms with Crippen molar-refractivity contribution in [2.24, 2.45) is 0 Å². The Hall–Kier alpha value is -3.15. The average molecular weight is 348 g/mol. The maximum absolute atomic E-state index is 13.1. The second kappa shape index (κ2) is 6.63. The van der Waals surface area contributed by atoms with Crippen molar-refractivity contribution in [3.63, 3.8) is 0 Å². The molecule has 1 amide bonds. The SMILES string of the molecule is Cc1ccc(NC(=O)[C@@H]2CCc3cccnc32)cc1-c1ncc(F)cn1. The van der Waals surface area contributed by atoms with E-state index in [1.807, 2.05) is 37.3 Å². The number of fused-ring (bicyclic) bond motifs is 1. The lowest BCUT2D eigenvalue weighted by molar-refractivity contribution is -0.117. The van der Waals surface area contributed by atoms with Crippen LogP contribution in [-0.2, 0) is 11.2 Å². The third kappa shape index (κ3) is 3.06. The first-order valence-corrected chi connectivity index (χ1v) is 8.45. The van der Waals surface area contributed by atoms with Crippen molar-refractivity contribution in [1.29, 1.82) is 0 Å². The third-order valence-corrected chi connectivity index (χ3v) is 4.64. The van der Waals surface area contributed by atoms with Crippen molar-refractivity contribution < 1.29 is 9.18 Å². The molecule has 1 atom stereocenters. The minimum absolute atomic E-state index is 0.0720. The number of pyridine rings is 1. The van der Waals surface area contributed by atoms with E-state index >= 15 is 0 Å². The fourth-order valence-electron chi connectivity index (χ4n) is 3.29. The van der Waals surface area contributed by atoms with Crippen LogP contribution in [0.15, 0.2) is 48.9 Å². The van der Waals surface area contributed by atoms with Gasteiger partial charge in [0.1, 0.15) is 0 Å². The second-order valence-electron chi connectivity index (χ2n) is 6.38. The van der Waals surface area contributed by atoms with E-state index in [0.717, 1.165) is 47.6 Å². The molecule has 130 valence electrons. The molecule has 0 aliphatic heterocycles. The lowest BCUT2D eigenvalue weighted by atomic mass is 10.0. The van der Waals surface area contributed by atoms with E-state index in [2.05, 4.69) is 20.3 Å². The molecule has 0 saturated carbocycles. The Morgan fingerprint density at radius 2 is 2.00 bits per heavy atom. The number of carbonyl (C=O) groups is 1. The first-order valence-electron chi connectivity index (χ1n) is 8.45. The zero-order chi connectivity index (χ0) is 18.1. The zero-order valence-electron chi connectivity index (χ0n) is 14.2. The summed E-state index contributed by atoms with van der Waals surface area (Å²) in [4.78, 5) is 25.2. The van der Waals surface area contributed by atoms with Gasteiger partial charge in [-0.3, -0.25) is 9.78 Å². The molecule has 0 bridgehead atoms. The summed E-state index contributed by atoms with van der Waals surface area (Å²) in [7, 11) is 0. The van der Waals surface area contributed by atoms with Gasteiger partial charge in [-0.15, -0.1) is 0 Å². The van der Waals surface area contributed by atoms with Gasteiger partial charge in [0.25, 0.3) is 0 Å². The Morgan fingerprint density at radius 3 is 2.81 bits per heavy atom. The van der Waals surface area contributed by atoms with E-state index in [-0.39, 0.29) is 11.8 Å². The van der Waals surface area contributed by atoms with E-state index in [4.69, 9.17) is 0 Å². The highest BCUT2D eigenvalue weighted by Crippen LogP contribution is 2.32. The molecule has 26 heavy (non-hydrogen) atoms. The standard InChI is InChI=1S/C20H17FN4O/c1-12-4-6-15(9-17(12)19-23-10-14(21)11-24-19)25-20(26)16-7-5-13-3-2-8-22-18(13)16/h2-4,6,8-11,16H,5,7H2,1H3,(H,25,26)/t16-/m1/s1. The first-order chi connectivity index (χ1) is 12.6. The van der Waals surface area contributed by atoms with Crippen LogP contribution in [0.2, 0.25) is 0 Å². The van der Waals surface area contributed by atoms with Gasteiger partial charge in [-0.05, 0) is 49.1 Å². The van der Waals surface area contributed by atoms with Gasteiger partial charge in [0.15, 0.2) is 11.6 Å². The molecule has 6 heteroatoms. The lowest BCUT2D eigenvalue weighted by Gasteiger charge is -2.13. The predicted molar refractivity (Wildman–Crippen MR) is 96.1 cm³/mol. The van der Waals surface area contributed by atoms with E-state index in [0.29, 0.717) is 11.5 Å². The number of amides is 1. The van der Waals surface area contributed by atoms with E-state index < -0.39 is 5.82 Å². The quantitative estimate of drug-likeness (QED) is 0.784. The summed E-state index contributed by atoms with van der Waals surface area (Å²) in [5.41, 5.74) is 4.36.